The van der Waals surface area contributed by atoms with Crippen molar-refractivity contribution in [3.05, 3.63) is 11.6 Å². The highest BCUT2D eigenvalue weighted by Gasteiger charge is 2.31. The van der Waals surface area contributed by atoms with Gasteiger partial charge in [0.25, 0.3) is 0 Å². The molecule has 0 aliphatic heterocycles. The minimum absolute atomic E-state index is 0.706. The van der Waals surface area contributed by atoms with Crippen molar-refractivity contribution in [3.63, 3.8) is 0 Å². The highest BCUT2D eigenvalue weighted by atomic mass is 15.3. The van der Waals surface area contributed by atoms with Gasteiger partial charge in [-0.1, -0.05) is 6.92 Å². The van der Waals surface area contributed by atoms with Gasteiger partial charge in [-0.2, -0.15) is 0 Å². The Bertz CT molecular complexity index is 305. The predicted molar refractivity (Wildman–Crippen MR) is 50.1 cm³/mol. The molecule has 0 spiro atoms. The third-order valence-electron chi connectivity index (χ3n) is 2.81. The third kappa shape index (κ3) is 1.72. The predicted octanol–water partition coefficient (Wildman–Crippen LogP) is 0.622. The largest absolute Gasteiger partial charge is 0.317 e. The van der Waals surface area contributed by atoms with Crippen LogP contribution in [0.15, 0.2) is 0 Å². The second-order valence-electron chi connectivity index (χ2n) is 3.92. The lowest BCUT2D eigenvalue weighted by Crippen LogP contribution is -2.19. The van der Waals surface area contributed by atoms with Crippen molar-refractivity contribution >= 4 is 0 Å². The monoisotopic (exact) mass is 180 g/mol. The number of nitrogens with zero attached hydrogens (tertiary/aromatic N) is 3. The highest BCUT2D eigenvalue weighted by molar-refractivity contribution is 4.95. The van der Waals surface area contributed by atoms with Crippen LogP contribution in [0.1, 0.15) is 25.0 Å². The van der Waals surface area contributed by atoms with Crippen molar-refractivity contribution in [2.24, 2.45) is 13.0 Å². The lowest BCUT2D eigenvalue weighted by Gasteiger charge is -2.02. The Labute approximate surface area is 78.4 Å². The molecule has 72 valence electrons. The molecule has 1 aromatic rings. The lowest BCUT2D eigenvalue weighted by atomic mass is 10.4. The highest BCUT2D eigenvalue weighted by Crippen LogP contribution is 2.29. The van der Waals surface area contributed by atoms with Gasteiger partial charge in [-0.05, 0) is 19.3 Å². The number of rotatable bonds is 3. The van der Waals surface area contributed by atoms with Crippen molar-refractivity contribution in [2.45, 2.75) is 32.9 Å². The second kappa shape index (κ2) is 3.10. The SMILES string of the molecule is Cc1nnc(CNC2CC2C)n1C. The van der Waals surface area contributed by atoms with Crippen LogP contribution in [0.25, 0.3) is 0 Å². The molecule has 0 amide bonds. The summed E-state index contributed by atoms with van der Waals surface area (Å²) in [4.78, 5) is 0. The van der Waals surface area contributed by atoms with E-state index in [1.165, 1.54) is 6.42 Å². The zero-order chi connectivity index (χ0) is 9.42. The summed E-state index contributed by atoms with van der Waals surface area (Å²) in [5.74, 6) is 2.84. The number of aromatic nitrogens is 3. The van der Waals surface area contributed by atoms with E-state index in [2.05, 4.69) is 22.4 Å². The summed E-state index contributed by atoms with van der Waals surface area (Å²) in [5.41, 5.74) is 0. The van der Waals surface area contributed by atoms with E-state index in [-0.39, 0.29) is 0 Å². The molecule has 2 atom stereocenters. The molecule has 0 saturated heterocycles. The van der Waals surface area contributed by atoms with Gasteiger partial charge in [-0.15, -0.1) is 10.2 Å². The number of hydrogen-bond donors (Lipinski definition) is 1. The fourth-order valence-electron chi connectivity index (χ4n) is 1.43. The molecule has 1 saturated carbocycles. The fraction of sp³-hybridized carbons (Fsp3) is 0.778. The zero-order valence-corrected chi connectivity index (χ0v) is 8.41. The van der Waals surface area contributed by atoms with Gasteiger partial charge in [0.1, 0.15) is 11.6 Å². The molecular formula is C9H16N4. The van der Waals surface area contributed by atoms with Crippen LogP contribution in [0, 0.1) is 12.8 Å². The van der Waals surface area contributed by atoms with Gasteiger partial charge in [-0.3, -0.25) is 0 Å². The average Bonchev–Trinajstić information content (AvgIpc) is 2.72. The van der Waals surface area contributed by atoms with Gasteiger partial charge in [0.2, 0.25) is 0 Å². The van der Waals surface area contributed by atoms with Crippen LogP contribution in [-0.4, -0.2) is 20.8 Å². The molecule has 2 unspecified atom stereocenters. The van der Waals surface area contributed by atoms with Crippen LogP contribution in [0.3, 0.4) is 0 Å². The van der Waals surface area contributed by atoms with Crippen molar-refractivity contribution in [2.75, 3.05) is 0 Å². The minimum atomic E-state index is 0.706. The van der Waals surface area contributed by atoms with E-state index >= 15 is 0 Å². The number of hydrogen-bond acceptors (Lipinski definition) is 3. The molecule has 1 fully saturated rings. The second-order valence-corrected chi connectivity index (χ2v) is 3.92. The Morgan fingerprint density at radius 2 is 2.23 bits per heavy atom. The maximum absolute atomic E-state index is 4.09. The standard InChI is InChI=1S/C9H16N4/c1-6-4-8(6)10-5-9-12-11-7(2)13(9)3/h6,8,10H,4-5H2,1-3H3. The van der Waals surface area contributed by atoms with Crippen LogP contribution < -0.4 is 5.32 Å². The normalized spacial score (nSPS) is 26.4. The fourth-order valence-corrected chi connectivity index (χ4v) is 1.43. The van der Waals surface area contributed by atoms with Crippen LogP contribution in [-0.2, 0) is 13.6 Å². The lowest BCUT2D eigenvalue weighted by molar-refractivity contribution is 0.609. The quantitative estimate of drug-likeness (QED) is 0.741. The molecule has 2 rings (SSSR count). The summed E-state index contributed by atoms with van der Waals surface area (Å²) in [7, 11) is 2.00. The smallest absolute Gasteiger partial charge is 0.146 e. The van der Waals surface area contributed by atoms with Gasteiger partial charge in [0.05, 0.1) is 6.54 Å². The molecule has 4 heteroatoms. The van der Waals surface area contributed by atoms with Crippen LogP contribution in [0.5, 0.6) is 0 Å². The Morgan fingerprint density at radius 1 is 1.54 bits per heavy atom. The molecule has 1 aliphatic rings. The van der Waals surface area contributed by atoms with Gasteiger partial charge >= 0.3 is 0 Å². The first kappa shape index (κ1) is 8.69. The van der Waals surface area contributed by atoms with Crippen molar-refractivity contribution in [3.8, 4) is 0 Å². The van der Waals surface area contributed by atoms with Crippen LogP contribution >= 0.6 is 0 Å². The number of aryl methyl sites for hydroxylation is 1. The molecule has 0 aromatic carbocycles. The summed E-state index contributed by atoms with van der Waals surface area (Å²) in [5, 5.41) is 11.6. The molecule has 1 aliphatic carbocycles. The summed E-state index contributed by atoms with van der Waals surface area (Å²) in [6, 6.07) is 0.706. The Hall–Kier alpha value is -0.900. The van der Waals surface area contributed by atoms with E-state index in [1.54, 1.807) is 0 Å². The average molecular weight is 180 g/mol. The molecule has 4 nitrogen and oxygen atoms in total. The van der Waals surface area contributed by atoms with Gasteiger partial charge in [0, 0.05) is 13.1 Å². The van der Waals surface area contributed by atoms with E-state index in [1.807, 2.05) is 18.5 Å². The van der Waals surface area contributed by atoms with Crippen molar-refractivity contribution in [1.29, 1.82) is 0 Å². The molecule has 1 N–H and O–H groups in total. The Morgan fingerprint density at radius 3 is 2.69 bits per heavy atom. The molecule has 0 radical (unpaired) electrons. The van der Waals surface area contributed by atoms with Crippen molar-refractivity contribution < 1.29 is 0 Å². The summed E-state index contributed by atoms with van der Waals surface area (Å²) >= 11 is 0. The van der Waals surface area contributed by atoms with E-state index in [0.29, 0.717) is 6.04 Å². The molecule has 0 bridgehead atoms. The molecule has 13 heavy (non-hydrogen) atoms. The summed E-state index contributed by atoms with van der Waals surface area (Å²) in [6.45, 7) is 5.07. The third-order valence-corrected chi connectivity index (χ3v) is 2.81. The summed E-state index contributed by atoms with van der Waals surface area (Å²) < 4.78 is 2.03. The first-order valence-electron chi connectivity index (χ1n) is 4.76. The molecule has 1 aromatic heterocycles. The van der Waals surface area contributed by atoms with E-state index in [9.17, 15) is 0 Å². The Balaban J connectivity index is 1.90. The van der Waals surface area contributed by atoms with Crippen molar-refractivity contribution in [1.82, 2.24) is 20.1 Å². The minimum Gasteiger partial charge on any atom is -0.317 e. The zero-order valence-electron chi connectivity index (χ0n) is 8.41. The molecule has 1 heterocycles. The van der Waals surface area contributed by atoms with Crippen LogP contribution in [0.4, 0.5) is 0 Å². The summed E-state index contributed by atoms with van der Waals surface area (Å²) in [6.07, 6.45) is 1.30. The first-order valence-corrected chi connectivity index (χ1v) is 4.76. The molecular weight excluding hydrogens is 164 g/mol. The first-order chi connectivity index (χ1) is 6.18. The maximum atomic E-state index is 4.09. The van der Waals surface area contributed by atoms with E-state index < -0.39 is 0 Å². The Kier molecular flexibility index (Phi) is 2.07. The van der Waals surface area contributed by atoms with Gasteiger partial charge < -0.3 is 9.88 Å². The number of nitrogens with one attached hydrogen (secondary N) is 1. The van der Waals surface area contributed by atoms with E-state index in [0.717, 1.165) is 24.1 Å². The van der Waals surface area contributed by atoms with Gasteiger partial charge in [0.15, 0.2) is 0 Å². The maximum Gasteiger partial charge on any atom is 0.146 e. The topological polar surface area (TPSA) is 42.7 Å². The van der Waals surface area contributed by atoms with E-state index in [4.69, 9.17) is 0 Å². The van der Waals surface area contributed by atoms with Crippen LogP contribution in [0.2, 0.25) is 0 Å². The van der Waals surface area contributed by atoms with Gasteiger partial charge in [-0.25, -0.2) is 0 Å².